The van der Waals surface area contributed by atoms with Gasteiger partial charge < -0.3 is 10.2 Å². The number of carbonyl (C=O) groups excluding carboxylic acids is 1. The maximum Gasteiger partial charge on any atom is 0.265 e. The number of aromatic nitrogens is 1. The zero-order valence-electron chi connectivity index (χ0n) is 15.9. The van der Waals surface area contributed by atoms with E-state index in [0.717, 1.165) is 61.0 Å². The fourth-order valence-corrected chi connectivity index (χ4v) is 4.40. The highest BCUT2D eigenvalue weighted by atomic mass is 35.5. The monoisotopic (exact) mass is 429 g/mol. The van der Waals surface area contributed by atoms with Crippen LogP contribution in [0.15, 0.2) is 30.3 Å². The van der Waals surface area contributed by atoms with E-state index < -0.39 is 0 Å². The number of benzene rings is 1. The Kier molecular flexibility index (Phi) is 10.3. The van der Waals surface area contributed by atoms with E-state index in [1.807, 2.05) is 30.0 Å². The van der Waals surface area contributed by atoms with Crippen LogP contribution in [0.3, 0.4) is 0 Å². The molecule has 150 valence electrons. The van der Waals surface area contributed by atoms with Gasteiger partial charge in [0.1, 0.15) is 4.88 Å². The molecule has 4 nitrogen and oxygen atoms in total. The number of nitrogens with zero attached hydrogens (tertiary/aromatic N) is 2. The average molecular weight is 430 g/mol. The number of halogens is 2. The first kappa shape index (κ1) is 23.9. The van der Waals surface area contributed by atoms with E-state index in [4.69, 9.17) is 0 Å². The highest BCUT2D eigenvalue weighted by molar-refractivity contribution is 7.13. The van der Waals surface area contributed by atoms with E-state index in [9.17, 15) is 4.79 Å². The highest BCUT2D eigenvalue weighted by Crippen LogP contribution is 2.25. The summed E-state index contributed by atoms with van der Waals surface area (Å²) in [6.45, 7) is 7.90. The summed E-state index contributed by atoms with van der Waals surface area (Å²) in [4.78, 5) is 20.4. The van der Waals surface area contributed by atoms with Gasteiger partial charge in [0, 0.05) is 19.5 Å². The molecule has 1 aliphatic rings. The molecular formula is C20H29Cl2N3OS. The van der Waals surface area contributed by atoms with Crippen molar-refractivity contribution in [3.8, 4) is 0 Å². The van der Waals surface area contributed by atoms with E-state index >= 15 is 0 Å². The second-order valence-corrected chi connectivity index (χ2v) is 7.81. The number of amides is 1. The molecule has 1 saturated heterocycles. The molecule has 1 N–H and O–H groups in total. The minimum atomic E-state index is 0. The number of aryl methyl sites for hydroxylation is 1. The summed E-state index contributed by atoms with van der Waals surface area (Å²) >= 11 is 1.56. The Labute approximate surface area is 178 Å². The quantitative estimate of drug-likeness (QED) is 0.741. The van der Waals surface area contributed by atoms with Crippen molar-refractivity contribution in [2.75, 3.05) is 26.2 Å². The van der Waals surface area contributed by atoms with Gasteiger partial charge in [-0.25, -0.2) is 4.98 Å². The van der Waals surface area contributed by atoms with Crippen LogP contribution < -0.4 is 5.32 Å². The van der Waals surface area contributed by atoms with E-state index in [1.165, 1.54) is 5.56 Å². The molecule has 0 radical (unpaired) electrons. The molecule has 1 aromatic carbocycles. The van der Waals surface area contributed by atoms with Crippen LogP contribution in [-0.2, 0) is 6.42 Å². The maximum absolute atomic E-state index is 12.9. The van der Waals surface area contributed by atoms with Crippen molar-refractivity contribution < 1.29 is 4.79 Å². The van der Waals surface area contributed by atoms with Crippen LogP contribution in [0.4, 0.5) is 0 Å². The predicted octanol–water partition coefficient (Wildman–Crippen LogP) is 4.35. The van der Waals surface area contributed by atoms with Crippen molar-refractivity contribution >= 4 is 42.1 Å². The summed E-state index contributed by atoms with van der Waals surface area (Å²) in [5.74, 6) is 0.858. The molecule has 1 aromatic heterocycles. The Balaban J connectivity index is 0.00000182. The molecular weight excluding hydrogens is 401 g/mol. The summed E-state index contributed by atoms with van der Waals surface area (Å²) in [5.41, 5.74) is 2.11. The lowest BCUT2D eigenvalue weighted by molar-refractivity contribution is 0.0694. The van der Waals surface area contributed by atoms with Gasteiger partial charge in [0.15, 0.2) is 0 Å². The van der Waals surface area contributed by atoms with Gasteiger partial charge in [0.25, 0.3) is 5.91 Å². The summed E-state index contributed by atoms with van der Waals surface area (Å²) in [6.07, 6.45) is 2.98. The first-order valence-electron chi connectivity index (χ1n) is 9.17. The fraction of sp³-hybridized carbons (Fsp3) is 0.500. The lowest BCUT2D eigenvalue weighted by Crippen LogP contribution is -2.40. The molecule has 2 aromatic rings. The van der Waals surface area contributed by atoms with Crippen molar-refractivity contribution in [3.63, 3.8) is 0 Å². The second-order valence-electron chi connectivity index (χ2n) is 6.73. The Hall–Kier alpha value is -1.14. The van der Waals surface area contributed by atoms with Gasteiger partial charge in [0.2, 0.25) is 0 Å². The van der Waals surface area contributed by atoms with Crippen LogP contribution in [-0.4, -0.2) is 42.0 Å². The van der Waals surface area contributed by atoms with Crippen LogP contribution in [0.2, 0.25) is 0 Å². The van der Waals surface area contributed by atoms with Gasteiger partial charge in [-0.15, -0.1) is 36.2 Å². The maximum atomic E-state index is 12.9. The Morgan fingerprint density at radius 2 is 1.89 bits per heavy atom. The average Bonchev–Trinajstić information content (AvgIpc) is 3.01. The third-order valence-electron chi connectivity index (χ3n) is 4.82. The number of thiazole rings is 1. The Bertz CT molecular complexity index is 701. The standard InChI is InChI=1S/C20H27N3OS.2ClH/c1-3-21-14-17-9-11-23(12-10-17)20(24)19-15(2)22-18(25-19)13-16-7-5-4-6-8-16;;/h4-8,17,21H,3,9-14H2,1-2H3;2*1H. The minimum absolute atomic E-state index is 0. The van der Waals surface area contributed by atoms with Crippen molar-refractivity contribution in [2.24, 2.45) is 5.92 Å². The van der Waals surface area contributed by atoms with Gasteiger partial charge in [-0.2, -0.15) is 0 Å². The molecule has 1 fully saturated rings. The van der Waals surface area contributed by atoms with E-state index in [1.54, 1.807) is 11.3 Å². The summed E-state index contributed by atoms with van der Waals surface area (Å²) in [5, 5.41) is 4.44. The van der Waals surface area contributed by atoms with E-state index in [2.05, 4.69) is 29.4 Å². The van der Waals surface area contributed by atoms with Gasteiger partial charge in [-0.1, -0.05) is 37.3 Å². The number of hydrogen-bond acceptors (Lipinski definition) is 4. The van der Waals surface area contributed by atoms with Crippen LogP contribution in [0.5, 0.6) is 0 Å². The summed E-state index contributed by atoms with van der Waals surface area (Å²) in [6, 6.07) is 10.3. The molecule has 0 saturated carbocycles. The number of nitrogens with one attached hydrogen (secondary N) is 1. The molecule has 0 atom stereocenters. The van der Waals surface area contributed by atoms with Crippen molar-refractivity contribution in [2.45, 2.75) is 33.1 Å². The summed E-state index contributed by atoms with van der Waals surface area (Å²) < 4.78 is 0. The topological polar surface area (TPSA) is 45.2 Å². The Morgan fingerprint density at radius 1 is 1.22 bits per heavy atom. The second kappa shape index (κ2) is 11.6. The molecule has 7 heteroatoms. The molecule has 1 amide bonds. The van der Waals surface area contributed by atoms with Crippen molar-refractivity contribution in [1.29, 1.82) is 0 Å². The zero-order valence-corrected chi connectivity index (χ0v) is 18.4. The molecule has 0 spiro atoms. The fourth-order valence-electron chi connectivity index (χ4n) is 3.33. The summed E-state index contributed by atoms with van der Waals surface area (Å²) in [7, 11) is 0. The number of carbonyl (C=O) groups is 1. The lowest BCUT2D eigenvalue weighted by Gasteiger charge is -2.31. The van der Waals surface area contributed by atoms with Gasteiger partial charge in [-0.05, 0) is 44.3 Å². The number of hydrogen-bond donors (Lipinski definition) is 1. The van der Waals surface area contributed by atoms with Gasteiger partial charge in [0.05, 0.1) is 10.7 Å². The molecule has 27 heavy (non-hydrogen) atoms. The first-order chi connectivity index (χ1) is 12.2. The molecule has 0 unspecified atom stereocenters. The third kappa shape index (κ3) is 6.46. The van der Waals surface area contributed by atoms with E-state index in [-0.39, 0.29) is 30.7 Å². The van der Waals surface area contributed by atoms with Gasteiger partial charge >= 0.3 is 0 Å². The SMILES string of the molecule is CCNCC1CCN(C(=O)c2sc(Cc3ccccc3)nc2C)CC1.Cl.Cl. The minimum Gasteiger partial charge on any atom is -0.338 e. The van der Waals surface area contributed by atoms with Crippen LogP contribution in [0.25, 0.3) is 0 Å². The van der Waals surface area contributed by atoms with Crippen LogP contribution >= 0.6 is 36.2 Å². The third-order valence-corrected chi connectivity index (χ3v) is 5.96. The Morgan fingerprint density at radius 3 is 2.52 bits per heavy atom. The number of piperidine rings is 1. The van der Waals surface area contributed by atoms with Crippen molar-refractivity contribution in [1.82, 2.24) is 15.2 Å². The predicted molar refractivity (Wildman–Crippen MR) is 118 cm³/mol. The lowest BCUT2D eigenvalue weighted by atomic mass is 9.96. The molecule has 1 aliphatic heterocycles. The van der Waals surface area contributed by atoms with Crippen molar-refractivity contribution in [3.05, 3.63) is 51.5 Å². The molecule has 3 rings (SSSR count). The van der Waals surface area contributed by atoms with Gasteiger partial charge in [-0.3, -0.25) is 4.79 Å². The molecule has 0 aliphatic carbocycles. The normalized spacial score (nSPS) is 14.4. The number of likely N-dealkylation sites (tertiary alicyclic amines) is 1. The molecule has 0 bridgehead atoms. The highest BCUT2D eigenvalue weighted by Gasteiger charge is 2.26. The first-order valence-corrected chi connectivity index (χ1v) is 9.99. The molecule has 2 heterocycles. The van der Waals surface area contributed by atoms with Crippen LogP contribution in [0.1, 0.15) is 45.7 Å². The smallest absolute Gasteiger partial charge is 0.265 e. The zero-order chi connectivity index (χ0) is 17.6. The largest absolute Gasteiger partial charge is 0.338 e. The van der Waals surface area contributed by atoms with E-state index in [0.29, 0.717) is 5.92 Å². The number of rotatable bonds is 6. The van der Waals surface area contributed by atoms with Crippen LogP contribution in [0, 0.1) is 12.8 Å².